The molecule has 7 heteroatoms. The number of amides is 1. The van der Waals surface area contributed by atoms with Crippen molar-refractivity contribution >= 4 is 17.2 Å². The number of aromatic nitrogens is 2. The fraction of sp³-hybridized carbons (Fsp3) is 0.650. The summed E-state index contributed by atoms with van der Waals surface area (Å²) < 4.78 is 5.64. The first kappa shape index (κ1) is 20.0. The number of likely N-dealkylation sites (tertiary alicyclic amines) is 1. The minimum absolute atomic E-state index is 0.0245. The van der Waals surface area contributed by atoms with Gasteiger partial charge in [-0.15, -0.1) is 10.2 Å². The number of carbonyl (C=O) groups excluding carboxylic acids is 1. The Kier molecular flexibility index (Phi) is 6.32. The van der Waals surface area contributed by atoms with Crippen molar-refractivity contribution in [3.05, 3.63) is 22.7 Å². The number of piperidine rings is 1. The first-order valence-electron chi connectivity index (χ1n) is 9.70. The van der Waals surface area contributed by atoms with Gasteiger partial charge >= 0.3 is 0 Å². The Labute approximate surface area is 165 Å². The highest BCUT2D eigenvalue weighted by Gasteiger charge is 2.32. The Morgan fingerprint density at radius 3 is 2.74 bits per heavy atom. The molecule has 148 valence electrons. The molecule has 2 unspecified atom stereocenters. The van der Waals surface area contributed by atoms with E-state index in [9.17, 15) is 4.79 Å². The van der Waals surface area contributed by atoms with Crippen LogP contribution in [0.4, 0.5) is 0 Å². The van der Waals surface area contributed by atoms with Crippen LogP contribution in [0.1, 0.15) is 46.4 Å². The molecule has 0 aromatic carbocycles. The number of rotatable bonds is 7. The zero-order valence-electron chi connectivity index (χ0n) is 16.7. The molecule has 0 radical (unpaired) electrons. The molecule has 1 amide bonds. The van der Waals surface area contributed by atoms with E-state index in [2.05, 4.69) is 48.1 Å². The molecule has 0 spiro atoms. The highest BCUT2D eigenvalue weighted by atomic mass is 32.1. The third-order valence-electron chi connectivity index (χ3n) is 5.24. The predicted molar refractivity (Wildman–Crippen MR) is 108 cm³/mol. The second kappa shape index (κ2) is 8.52. The smallest absolute Gasteiger partial charge is 0.248 e. The Bertz CT molecular complexity index is 731. The average molecular weight is 391 g/mol. The molecule has 2 aromatic heterocycles. The van der Waals surface area contributed by atoms with E-state index in [-0.39, 0.29) is 11.4 Å². The van der Waals surface area contributed by atoms with E-state index in [1.165, 1.54) is 6.42 Å². The van der Waals surface area contributed by atoms with Gasteiger partial charge in [0.05, 0.1) is 0 Å². The fourth-order valence-electron chi connectivity index (χ4n) is 3.75. The largest absolute Gasteiger partial charge is 0.421 e. The van der Waals surface area contributed by atoms with E-state index in [0.29, 0.717) is 43.0 Å². The van der Waals surface area contributed by atoms with Gasteiger partial charge in [0.1, 0.15) is 0 Å². The van der Waals surface area contributed by atoms with E-state index >= 15 is 0 Å². The van der Waals surface area contributed by atoms with Crippen LogP contribution in [-0.2, 0) is 11.2 Å². The minimum atomic E-state index is -0.0464. The molecule has 0 aliphatic carbocycles. The number of thiophene rings is 1. The van der Waals surface area contributed by atoms with Crippen LogP contribution < -0.4 is 5.32 Å². The van der Waals surface area contributed by atoms with Crippen molar-refractivity contribution in [1.29, 1.82) is 0 Å². The third-order valence-corrected chi connectivity index (χ3v) is 5.93. The Hall–Kier alpha value is -1.73. The van der Waals surface area contributed by atoms with Gasteiger partial charge in [0, 0.05) is 49.0 Å². The lowest BCUT2D eigenvalue weighted by Gasteiger charge is -2.45. The quantitative estimate of drug-likeness (QED) is 0.782. The highest BCUT2D eigenvalue weighted by molar-refractivity contribution is 7.08. The van der Waals surface area contributed by atoms with Gasteiger partial charge in [-0.1, -0.05) is 13.8 Å². The van der Waals surface area contributed by atoms with Crippen molar-refractivity contribution in [2.75, 3.05) is 19.6 Å². The molecule has 1 aliphatic rings. The first-order chi connectivity index (χ1) is 12.8. The number of carbonyl (C=O) groups is 1. The summed E-state index contributed by atoms with van der Waals surface area (Å²) in [7, 11) is 0. The van der Waals surface area contributed by atoms with E-state index < -0.39 is 0 Å². The highest BCUT2D eigenvalue weighted by Crippen LogP contribution is 2.27. The van der Waals surface area contributed by atoms with Crippen LogP contribution >= 0.6 is 11.3 Å². The number of aryl methyl sites for hydroxylation is 1. The van der Waals surface area contributed by atoms with Crippen molar-refractivity contribution in [2.45, 2.75) is 52.5 Å². The maximum atomic E-state index is 12.3. The molecule has 3 heterocycles. The van der Waals surface area contributed by atoms with Crippen molar-refractivity contribution in [3.8, 4) is 11.5 Å². The summed E-state index contributed by atoms with van der Waals surface area (Å²) in [5.41, 5.74) is 0.879. The zero-order valence-corrected chi connectivity index (χ0v) is 17.5. The summed E-state index contributed by atoms with van der Waals surface area (Å²) >= 11 is 1.59. The summed E-state index contributed by atoms with van der Waals surface area (Å²) in [6, 6.07) is 1.94. The Balaban J connectivity index is 1.45. The Morgan fingerprint density at radius 2 is 2.07 bits per heavy atom. The van der Waals surface area contributed by atoms with E-state index in [1.54, 1.807) is 11.3 Å². The van der Waals surface area contributed by atoms with Crippen LogP contribution in [0.5, 0.6) is 0 Å². The molecule has 27 heavy (non-hydrogen) atoms. The van der Waals surface area contributed by atoms with Crippen LogP contribution in [0, 0.1) is 11.8 Å². The summed E-state index contributed by atoms with van der Waals surface area (Å²) in [6.45, 7) is 11.9. The molecule has 1 fully saturated rings. The Morgan fingerprint density at radius 1 is 1.33 bits per heavy atom. The summed E-state index contributed by atoms with van der Waals surface area (Å²) in [4.78, 5) is 14.8. The van der Waals surface area contributed by atoms with Crippen molar-refractivity contribution in [2.24, 2.45) is 11.8 Å². The molecule has 2 atom stereocenters. The van der Waals surface area contributed by atoms with E-state index in [4.69, 9.17) is 4.42 Å². The van der Waals surface area contributed by atoms with Gasteiger partial charge in [-0.25, -0.2) is 0 Å². The third kappa shape index (κ3) is 5.39. The van der Waals surface area contributed by atoms with Gasteiger partial charge in [-0.2, -0.15) is 11.3 Å². The lowest BCUT2D eigenvalue weighted by molar-refractivity contribution is -0.121. The second-order valence-electron chi connectivity index (χ2n) is 8.45. The zero-order chi connectivity index (χ0) is 19.4. The molecule has 2 aromatic rings. The lowest BCUT2D eigenvalue weighted by atomic mass is 9.88. The number of nitrogens with zero attached hydrogens (tertiary/aromatic N) is 3. The molecular formula is C20H30N4O2S. The van der Waals surface area contributed by atoms with Crippen LogP contribution in [0.2, 0.25) is 0 Å². The predicted octanol–water partition coefficient (Wildman–Crippen LogP) is 3.60. The molecule has 1 saturated heterocycles. The SMILES string of the molecule is CC1CC(C)CN(C(C)(C)CNC(=O)CCc2nnc(-c3ccsc3)o2)C1. The molecule has 3 rings (SSSR count). The maximum Gasteiger partial charge on any atom is 0.248 e. The number of hydrogen-bond donors (Lipinski definition) is 1. The van der Waals surface area contributed by atoms with Crippen molar-refractivity contribution in [3.63, 3.8) is 0 Å². The summed E-state index contributed by atoms with van der Waals surface area (Å²) in [5.74, 6) is 2.46. The lowest BCUT2D eigenvalue weighted by Crippen LogP contribution is -2.56. The van der Waals surface area contributed by atoms with Crippen molar-refractivity contribution in [1.82, 2.24) is 20.4 Å². The molecule has 0 bridgehead atoms. The average Bonchev–Trinajstić information content (AvgIpc) is 3.28. The molecule has 1 aliphatic heterocycles. The van der Waals surface area contributed by atoms with Gasteiger partial charge in [-0.05, 0) is 43.6 Å². The van der Waals surface area contributed by atoms with Crippen LogP contribution in [0.25, 0.3) is 11.5 Å². The molecular weight excluding hydrogens is 360 g/mol. The standard InChI is InChI=1S/C20H30N4O2S/c1-14-9-15(2)11-24(10-14)20(3,4)13-21-17(25)5-6-18-22-23-19(26-18)16-7-8-27-12-16/h7-8,12,14-15H,5-6,9-11,13H2,1-4H3,(H,21,25). The molecule has 6 nitrogen and oxygen atoms in total. The van der Waals surface area contributed by atoms with Gasteiger partial charge in [-0.3, -0.25) is 9.69 Å². The van der Waals surface area contributed by atoms with Gasteiger partial charge in [0.2, 0.25) is 17.7 Å². The minimum Gasteiger partial charge on any atom is -0.421 e. The van der Waals surface area contributed by atoms with Crippen LogP contribution in [-0.4, -0.2) is 46.2 Å². The number of hydrogen-bond acceptors (Lipinski definition) is 6. The number of nitrogens with one attached hydrogen (secondary N) is 1. The van der Waals surface area contributed by atoms with Crippen LogP contribution in [0.3, 0.4) is 0 Å². The van der Waals surface area contributed by atoms with E-state index in [0.717, 1.165) is 18.7 Å². The fourth-order valence-corrected chi connectivity index (χ4v) is 4.38. The first-order valence-corrected chi connectivity index (χ1v) is 10.6. The van der Waals surface area contributed by atoms with Gasteiger partial charge in [0.25, 0.3) is 0 Å². The topological polar surface area (TPSA) is 71.3 Å². The monoisotopic (exact) mass is 390 g/mol. The second-order valence-corrected chi connectivity index (χ2v) is 9.23. The van der Waals surface area contributed by atoms with E-state index in [1.807, 2.05) is 16.8 Å². The normalized spacial score (nSPS) is 21.3. The van der Waals surface area contributed by atoms with Gasteiger partial charge in [0.15, 0.2) is 0 Å². The van der Waals surface area contributed by atoms with Crippen molar-refractivity contribution < 1.29 is 9.21 Å². The molecule has 1 N–H and O–H groups in total. The molecule has 0 saturated carbocycles. The van der Waals surface area contributed by atoms with Gasteiger partial charge < -0.3 is 9.73 Å². The maximum absolute atomic E-state index is 12.3. The summed E-state index contributed by atoms with van der Waals surface area (Å²) in [5, 5.41) is 15.1. The van der Waals surface area contributed by atoms with Crippen LogP contribution in [0.15, 0.2) is 21.2 Å². The summed E-state index contributed by atoms with van der Waals surface area (Å²) in [6.07, 6.45) is 2.10.